The first kappa shape index (κ1) is 20.1. The molecule has 2 aromatic carbocycles. The van der Waals surface area contributed by atoms with E-state index in [2.05, 4.69) is 18.2 Å². The summed E-state index contributed by atoms with van der Waals surface area (Å²) < 4.78 is 6.32. The summed E-state index contributed by atoms with van der Waals surface area (Å²) in [6.45, 7) is 4.07. The van der Waals surface area contributed by atoms with Gasteiger partial charge in [0, 0.05) is 11.6 Å². The van der Waals surface area contributed by atoms with Crippen LogP contribution in [0.1, 0.15) is 27.2 Å². The fourth-order valence-electron chi connectivity index (χ4n) is 3.28. The fraction of sp³-hybridized carbons (Fsp3) is 0.0870. The highest BCUT2D eigenvalue weighted by Crippen LogP contribution is 2.36. The molecule has 30 heavy (non-hydrogen) atoms. The van der Waals surface area contributed by atoms with Crippen molar-refractivity contribution in [2.24, 2.45) is 0 Å². The molecule has 1 aliphatic rings. The minimum absolute atomic E-state index is 0.147. The second kappa shape index (κ2) is 7.93. The number of nitrogens with zero attached hydrogens (tertiary/aromatic N) is 1. The third kappa shape index (κ3) is 3.94. The second-order valence-electron chi connectivity index (χ2n) is 6.95. The molecule has 0 atom stereocenters. The number of furan rings is 1. The van der Waals surface area contributed by atoms with Crippen molar-refractivity contribution < 1.29 is 19.1 Å². The molecular weight excluding hydrogens is 418 g/mol. The lowest BCUT2D eigenvalue weighted by Gasteiger charge is -2.14. The zero-order valence-corrected chi connectivity index (χ0v) is 17.8. The Morgan fingerprint density at radius 3 is 2.37 bits per heavy atom. The molecule has 1 aliphatic heterocycles. The van der Waals surface area contributed by atoms with Crippen molar-refractivity contribution >= 4 is 51.9 Å². The van der Waals surface area contributed by atoms with Crippen LogP contribution in [0.15, 0.2) is 63.9 Å². The van der Waals surface area contributed by atoms with E-state index >= 15 is 0 Å². The van der Waals surface area contributed by atoms with Gasteiger partial charge < -0.3 is 9.52 Å². The van der Waals surface area contributed by atoms with Gasteiger partial charge in [0.25, 0.3) is 5.91 Å². The van der Waals surface area contributed by atoms with Crippen molar-refractivity contribution in [3.05, 3.63) is 82.0 Å². The average molecular weight is 436 g/mol. The third-order valence-electron chi connectivity index (χ3n) is 4.57. The molecule has 1 fully saturated rings. The number of carbonyl (C=O) groups is 2. The van der Waals surface area contributed by atoms with Crippen LogP contribution in [0.3, 0.4) is 0 Å². The Labute approximate surface area is 183 Å². The molecule has 1 N–H and O–H groups in total. The average Bonchev–Trinajstić information content (AvgIpc) is 3.26. The molecule has 1 aromatic heterocycles. The number of aryl methyl sites for hydroxylation is 2. The molecule has 5 nitrogen and oxygen atoms in total. The number of carboxylic acids is 1. The van der Waals surface area contributed by atoms with Gasteiger partial charge in [-0.05, 0) is 62.4 Å². The first-order valence-corrected chi connectivity index (χ1v) is 10.3. The van der Waals surface area contributed by atoms with Crippen LogP contribution in [0.4, 0.5) is 5.69 Å². The second-order valence-corrected chi connectivity index (χ2v) is 8.62. The fourth-order valence-corrected chi connectivity index (χ4v) is 4.55. The van der Waals surface area contributed by atoms with Crippen LogP contribution in [0.2, 0.25) is 0 Å². The van der Waals surface area contributed by atoms with E-state index in [1.54, 1.807) is 18.2 Å². The SMILES string of the molecule is Cc1cc(C)cc(-c2ccc(/C=C3/SC(=S)N(c4ccc(C(=O)O)cc4)C3=O)o2)c1. The maximum atomic E-state index is 12.9. The van der Waals surface area contributed by atoms with Crippen molar-refractivity contribution in [3.8, 4) is 11.3 Å². The lowest BCUT2D eigenvalue weighted by molar-refractivity contribution is -0.113. The highest BCUT2D eigenvalue weighted by molar-refractivity contribution is 8.27. The van der Waals surface area contributed by atoms with Gasteiger partial charge in [-0.15, -0.1) is 0 Å². The van der Waals surface area contributed by atoms with Gasteiger partial charge in [-0.1, -0.05) is 41.2 Å². The van der Waals surface area contributed by atoms with Crippen molar-refractivity contribution in [2.75, 3.05) is 4.90 Å². The highest BCUT2D eigenvalue weighted by Gasteiger charge is 2.33. The summed E-state index contributed by atoms with van der Waals surface area (Å²) >= 11 is 6.55. The normalized spacial score (nSPS) is 15.3. The molecule has 7 heteroatoms. The summed E-state index contributed by atoms with van der Waals surface area (Å²) in [5.74, 6) is 0.000333. The van der Waals surface area contributed by atoms with E-state index in [0.29, 0.717) is 20.7 Å². The molecule has 0 spiro atoms. The van der Waals surface area contributed by atoms with E-state index in [-0.39, 0.29) is 11.5 Å². The minimum atomic E-state index is -1.02. The molecule has 0 radical (unpaired) electrons. The number of anilines is 1. The van der Waals surface area contributed by atoms with Crippen molar-refractivity contribution in [2.45, 2.75) is 13.8 Å². The Morgan fingerprint density at radius 2 is 1.73 bits per heavy atom. The first-order chi connectivity index (χ1) is 14.3. The number of thiocarbonyl (C=S) groups is 1. The smallest absolute Gasteiger partial charge is 0.335 e. The number of hydrogen-bond acceptors (Lipinski definition) is 5. The standard InChI is InChI=1S/C23H17NO4S2/c1-13-9-14(2)11-16(10-13)19-8-7-18(28-19)12-20-21(25)24(23(29)30-20)17-5-3-15(4-6-17)22(26)27/h3-12H,1-2H3,(H,26,27)/b20-12+. The number of carboxylic acid groups (broad SMARTS) is 1. The Hall–Kier alpha value is -3.16. The summed E-state index contributed by atoms with van der Waals surface area (Å²) in [6, 6.07) is 15.9. The Balaban J connectivity index is 1.59. The number of benzene rings is 2. The number of rotatable bonds is 4. The van der Waals surface area contributed by atoms with Crippen molar-refractivity contribution in [1.29, 1.82) is 0 Å². The van der Waals surface area contributed by atoms with Crippen LogP contribution >= 0.6 is 24.0 Å². The van der Waals surface area contributed by atoms with E-state index in [9.17, 15) is 9.59 Å². The van der Waals surface area contributed by atoms with E-state index < -0.39 is 5.97 Å². The van der Waals surface area contributed by atoms with Gasteiger partial charge in [-0.25, -0.2) is 4.79 Å². The lowest BCUT2D eigenvalue weighted by Crippen LogP contribution is -2.27. The maximum Gasteiger partial charge on any atom is 0.335 e. The predicted molar refractivity (Wildman–Crippen MR) is 123 cm³/mol. The number of amides is 1. The molecule has 4 rings (SSSR count). The summed E-state index contributed by atoms with van der Waals surface area (Å²) in [5, 5.41) is 9.04. The number of carbonyl (C=O) groups excluding carboxylic acids is 1. The Morgan fingerprint density at radius 1 is 1.07 bits per heavy atom. The van der Waals surface area contributed by atoms with Crippen molar-refractivity contribution in [1.82, 2.24) is 0 Å². The number of aromatic carboxylic acids is 1. The van der Waals surface area contributed by atoms with Crippen LogP contribution in [0.5, 0.6) is 0 Å². The topological polar surface area (TPSA) is 70.8 Å². The molecule has 150 valence electrons. The third-order valence-corrected chi connectivity index (χ3v) is 5.87. The van der Waals surface area contributed by atoms with Gasteiger partial charge in [0.1, 0.15) is 11.5 Å². The van der Waals surface area contributed by atoms with Gasteiger partial charge in [0.2, 0.25) is 0 Å². The molecule has 0 aliphatic carbocycles. The molecule has 0 bridgehead atoms. The van der Waals surface area contributed by atoms with Gasteiger partial charge in [0.05, 0.1) is 16.2 Å². The predicted octanol–water partition coefficient (Wildman–Crippen LogP) is 5.67. The number of hydrogen-bond donors (Lipinski definition) is 1. The van der Waals surface area contributed by atoms with Gasteiger partial charge in [-0.2, -0.15) is 0 Å². The molecule has 0 saturated carbocycles. The monoisotopic (exact) mass is 435 g/mol. The van der Waals surface area contributed by atoms with E-state index in [4.69, 9.17) is 21.7 Å². The van der Waals surface area contributed by atoms with Gasteiger partial charge >= 0.3 is 5.97 Å². The maximum absolute atomic E-state index is 12.9. The van der Waals surface area contributed by atoms with Crippen LogP contribution in [-0.2, 0) is 4.79 Å². The largest absolute Gasteiger partial charge is 0.478 e. The zero-order chi connectivity index (χ0) is 21.4. The van der Waals surface area contributed by atoms with Crippen LogP contribution in [-0.4, -0.2) is 21.3 Å². The molecule has 3 aromatic rings. The summed E-state index contributed by atoms with van der Waals surface area (Å²) in [4.78, 5) is 25.8. The summed E-state index contributed by atoms with van der Waals surface area (Å²) in [6.07, 6.45) is 1.68. The molecule has 1 saturated heterocycles. The van der Waals surface area contributed by atoms with E-state index in [1.165, 1.54) is 28.8 Å². The number of thioether (sulfide) groups is 1. The molecule has 1 amide bonds. The van der Waals surface area contributed by atoms with Crippen LogP contribution in [0.25, 0.3) is 17.4 Å². The minimum Gasteiger partial charge on any atom is -0.478 e. The molecule has 2 heterocycles. The summed E-state index contributed by atoms with van der Waals surface area (Å²) in [7, 11) is 0. The summed E-state index contributed by atoms with van der Waals surface area (Å²) in [5.41, 5.74) is 3.96. The van der Waals surface area contributed by atoms with E-state index in [0.717, 1.165) is 22.5 Å². The Kier molecular flexibility index (Phi) is 5.32. The zero-order valence-electron chi connectivity index (χ0n) is 16.2. The quantitative estimate of drug-likeness (QED) is 0.421. The molecular formula is C23H17NO4S2. The lowest BCUT2D eigenvalue weighted by atomic mass is 10.1. The van der Waals surface area contributed by atoms with Crippen molar-refractivity contribution in [3.63, 3.8) is 0 Å². The molecule has 0 unspecified atom stereocenters. The Bertz CT molecular complexity index is 1190. The van der Waals surface area contributed by atoms with E-state index in [1.807, 2.05) is 26.0 Å². The van der Waals surface area contributed by atoms with Gasteiger partial charge in [0.15, 0.2) is 4.32 Å². The van der Waals surface area contributed by atoms with Crippen LogP contribution < -0.4 is 4.90 Å². The van der Waals surface area contributed by atoms with Crippen LogP contribution in [0, 0.1) is 13.8 Å². The highest BCUT2D eigenvalue weighted by atomic mass is 32.2. The van der Waals surface area contributed by atoms with Gasteiger partial charge in [-0.3, -0.25) is 9.69 Å². The first-order valence-electron chi connectivity index (χ1n) is 9.11.